The van der Waals surface area contributed by atoms with Gasteiger partial charge in [0.05, 0.1) is 0 Å². The number of ketones is 1. The molecule has 1 atom stereocenters. The van der Waals surface area contributed by atoms with Crippen LogP contribution in [0.2, 0.25) is 0 Å². The van der Waals surface area contributed by atoms with Crippen molar-refractivity contribution < 1.29 is 4.79 Å². The topological polar surface area (TPSA) is 17.1 Å². The molecule has 0 aliphatic rings. The first-order chi connectivity index (χ1) is 5.42. The van der Waals surface area contributed by atoms with Crippen molar-refractivity contribution in [1.29, 1.82) is 0 Å². The second-order valence-corrected chi connectivity index (χ2v) is 4.46. The van der Waals surface area contributed by atoms with Gasteiger partial charge in [-0.2, -0.15) is 0 Å². The first kappa shape index (κ1) is 11.7. The number of carbonyl (C=O) groups excluding carboxylic acids is 1. The molecule has 1 heteroatoms. The van der Waals surface area contributed by atoms with Gasteiger partial charge in [-0.15, -0.1) is 0 Å². The van der Waals surface area contributed by atoms with Crippen molar-refractivity contribution in [2.24, 2.45) is 11.3 Å². The van der Waals surface area contributed by atoms with Gasteiger partial charge in [0, 0.05) is 5.41 Å². The Morgan fingerprint density at radius 3 is 2.17 bits per heavy atom. The lowest BCUT2D eigenvalue weighted by Gasteiger charge is -2.28. The molecule has 0 amide bonds. The van der Waals surface area contributed by atoms with Crippen LogP contribution in [0.5, 0.6) is 0 Å². The fourth-order valence-electron chi connectivity index (χ4n) is 1.87. The van der Waals surface area contributed by atoms with Crippen molar-refractivity contribution in [2.45, 2.75) is 53.9 Å². The first-order valence-corrected chi connectivity index (χ1v) is 4.93. The highest BCUT2D eigenvalue weighted by molar-refractivity contribution is 5.81. The van der Waals surface area contributed by atoms with E-state index in [0.29, 0.717) is 11.7 Å². The summed E-state index contributed by atoms with van der Waals surface area (Å²) in [4.78, 5) is 11.4. The Hall–Kier alpha value is -0.330. The molecular weight excluding hydrogens is 148 g/mol. The Kier molecular flexibility index (Phi) is 4.51. The molecule has 0 saturated heterocycles. The van der Waals surface area contributed by atoms with Crippen LogP contribution in [0.4, 0.5) is 0 Å². The summed E-state index contributed by atoms with van der Waals surface area (Å²) in [6.07, 6.45) is 3.15. The summed E-state index contributed by atoms with van der Waals surface area (Å²) in [6, 6.07) is 0. The summed E-state index contributed by atoms with van der Waals surface area (Å²) >= 11 is 0. The quantitative estimate of drug-likeness (QED) is 0.618. The minimum absolute atomic E-state index is 0.0666. The van der Waals surface area contributed by atoms with E-state index in [0.717, 1.165) is 19.3 Å². The Bertz CT molecular complexity index is 149. The molecule has 12 heavy (non-hydrogen) atoms. The van der Waals surface area contributed by atoms with Gasteiger partial charge in [0.2, 0.25) is 0 Å². The van der Waals surface area contributed by atoms with Crippen molar-refractivity contribution in [1.82, 2.24) is 0 Å². The van der Waals surface area contributed by atoms with Crippen LogP contribution in [-0.4, -0.2) is 5.78 Å². The van der Waals surface area contributed by atoms with Crippen molar-refractivity contribution in [3.05, 3.63) is 0 Å². The van der Waals surface area contributed by atoms with E-state index in [9.17, 15) is 4.79 Å². The van der Waals surface area contributed by atoms with Gasteiger partial charge >= 0.3 is 0 Å². The van der Waals surface area contributed by atoms with E-state index in [2.05, 4.69) is 27.7 Å². The Morgan fingerprint density at radius 1 is 1.42 bits per heavy atom. The van der Waals surface area contributed by atoms with Crippen LogP contribution >= 0.6 is 0 Å². The maximum Gasteiger partial charge on any atom is 0.135 e. The van der Waals surface area contributed by atoms with Crippen molar-refractivity contribution in [3.8, 4) is 0 Å². The van der Waals surface area contributed by atoms with Crippen molar-refractivity contribution >= 4 is 5.78 Å². The molecule has 0 N–H and O–H groups in total. The van der Waals surface area contributed by atoms with Gasteiger partial charge in [-0.3, -0.25) is 4.79 Å². The van der Waals surface area contributed by atoms with Gasteiger partial charge < -0.3 is 0 Å². The SMILES string of the molecule is CCCC(C)(CC(C)C)C(C)=O. The summed E-state index contributed by atoms with van der Waals surface area (Å²) in [6.45, 7) is 10.3. The van der Waals surface area contributed by atoms with E-state index in [-0.39, 0.29) is 5.41 Å². The number of hydrogen-bond acceptors (Lipinski definition) is 1. The lowest BCUT2D eigenvalue weighted by molar-refractivity contribution is -0.127. The second-order valence-electron chi connectivity index (χ2n) is 4.46. The van der Waals surface area contributed by atoms with Crippen LogP contribution in [-0.2, 0) is 4.79 Å². The highest BCUT2D eigenvalue weighted by Gasteiger charge is 2.29. The molecule has 0 rings (SSSR count). The second kappa shape index (κ2) is 4.64. The molecule has 1 nitrogen and oxygen atoms in total. The molecule has 0 spiro atoms. The predicted molar refractivity (Wildman–Crippen MR) is 53.2 cm³/mol. The van der Waals surface area contributed by atoms with Crippen LogP contribution < -0.4 is 0 Å². The monoisotopic (exact) mass is 170 g/mol. The molecule has 0 aromatic rings. The van der Waals surface area contributed by atoms with Gasteiger partial charge in [0.25, 0.3) is 0 Å². The molecule has 0 fully saturated rings. The Labute approximate surface area is 76.6 Å². The smallest absolute Gasteiger partial charge is 0.135 e. The third-order valence-corrected chi connectivity index (χ3v) is 2.51. The van der Waals surface area contributed by atoms with Crippen LogP contribution in [0.15, 0.2) is 0 Å². The summed E-state index contributed by atoms with van der Waals surface area (Å²) in [5.74, 6) is 0.962. The zero-order valence-electron chi connectivity index (χ0n) is 9.11. The third-order valence-electron chi connectivity index (χ3n) is 2.51. The molecule has 0 aromatic carbocycles. The van der Waals surface area contributed by atoms with Gasteiger partial charge in [-0.1, -0.05) is 34.1 Å². The molecule has 0 aliphatic heterocycles. The minimum Gasteiger partial charge on any atom is -0.299 e. The van der Waals surface area contributed by atoms with E-state index in [1.54, 1.807) is 6.92 Å². The van der Waals surface area contributed by atoms with Gasteiger partial charge in [-0.25, -0.2) is 0 Å². The summed E-state index contributed by atoms with van der Waals surface area (Å²) < 4.78 is 0. The standard InChI is InChI=1S/C11H22O/c1-6-7-11(5,10(4)12)8-9(2)3/h9H,6-8H2,1-5H3. The molecule has 1 unspecified atom stereocenters. The normalized spacial score (nSPS) is 16.2. The number of rotatable bonds is 5. The molecular formula is C11H22O. The lowest BCUT2D eigenvalue weighted by atomic mass is 9.75. The van der Waals surface area contributed by atoms with Gasteiger partial charge in [0.1, 0.15) is 5.78 Å². The molecule has 0 saturated carbocycles. The van der Waals surface area contributed by atoms with E-state index in [1.165, 1.54) is 0 Å². The molecule has 0 aliphatic carbocycles. The first-order valence-electron chi connectivity index (χ1n) is 4.93. The number of hydrogen-bond donors (Lipinski definition) is 0. The van der Waals surface area contributed by atoms with Crippen molar-refractivity contribution in [3.63, 3.8) is 0 Å². The highest BCUT2D eigenvalue weighted by atomic mass is 16.1. The van der Waals surface area contributed by atoms with Crippen molar-refractivity contribution in [2.75, 3.05) is 0 Å². The summed E-state index contributed by atoms with van der Waals surface area (Å²) in [5.41, 5.74) is -0.0666. The molecule has 0 aromatic heterocycles. The van der Waals surface area contributed by atoms with Crippen LogP contribution in [0.3, 0.4) is 0 Å². The van der Waals surface area contributed by atoms with Crippen LogP contribution in [0.25, 0.3) is 0 Å². The molecule has 0 radical (unpaired) electrons. The summed E-state index contributed by atoms with van der Waals surface area (Å²) in [7, 11) is 0. The number of Topliss-reactive ketones (excluding diaryl/α,β-unsaturated/α-hetero) is 1. The third kappa shape index (κ3) is 3.38. The van der Waals surface area contributed by atoms with Gasteiger partial charge in [-0.05, 0) is 25.7 Å². The Balaban J connectivity index is 4.28. The minimum atomic E-state index is -0.0666. The van der Waals surface area contributed by atoms with E-state index in [4.69, 9.17) is 0 Å². The lowest BCUT2D eigenvalue weighted by Crippen LogP contribution is -2.27. The predicted octanol–water partition coefficient (Wildman–Crippen LogP) is 3.43. The van der Waals surface area contributed by atoms with E-state index < -0.39 is 0 Å². The average molecular weight is 170 g/mol. The average Bonchev–Trinajstić information content (AvgIpc) is 1.85. The summed E-state index contributed by atoms with van der Waals surface area (Å²) in [5, 5.41) is 0. The van der Waals surface area contributed by atoms with E-state index >= 15 is 0 Å². The molecule has 0 bridgehead atoms. The van der Waals surface area contributed by atoms with E-state index in [1.807, 2.05) is 0 Å². The molecule has 0 heterocycles. The Morgan fingerprint density at radius 2 is 1.92 bits per heavy atom. The fraction of sp³-hybridized carbons (Fsp3) is 0.909. The largest absolute Gasteiger partial charge is 0.299 e. The van der Waals surface area contributed by atoms with Crippen LogP contribution in [0.1, 0.15) is 53.9 Å². The zero-order valence-corrected chi connectivity index (χ0v) is 9.11. The molecule has 72 valence electrons. The van der Waals surface area contributed by atoms with Crippen LogP contribution in [0, 0.1) is 11.3 Å². The fourth-order valence-corrected chi connectivity index (χ4v) is 1.87. The number of carbonyl (C=O) groups is 1. The maximum atomic E-state index is 11.4. The zero-order chi connectivity index (χ0) is 9.78. The maximum absolute atomic E-state index is 11.4. The van der Waals surface area contributed by atoms with Gasteiger partial charge in [0.15, 0.2) is 0 Å². The highest BCUT2D eigenvalue weighted by Crippen LogP contribution is 2.31.